The first-order valence-electron chi connectivity index (χ1n) is 2.86. The van der Waals surface area contributed by atoms with Crippen LogP contribution in [0.5, 0.6) is 11.5 Å². The number of aliphatic hydroxyl groups excluding tert-OH is 1. The Morgan fingerprint density at radius 1 is 1.27 bits per heavy atom. The van der Waals surface area contributed by atoms with Gasteiger partial charge in [0.1, 0.15) is 11.5 Å². The van der Waals surface area contributed by atoms with E-state index in [4.69, 9.17) is 15.3 Å². The van der Waals surface area contributed by atoms with Gasteiger partial charge in [0.05, 0.1) is 5.56 Å². The summed E-state index contributed by atoms with van der Waals surface area (Å²) in [6.07, 6.45) is 0. The summed E-state index contributed by atoms with van der Waals surface area (Å²) in [5, 5.41) is 26.3. The monoisotopic (exact) mass is 170 g/mol. The number of phenolic OH excluding ortho intramolecular Hbond substituents is 2. The number of aliphatic hydroxyl groups is 1. The highest BCUT2D eigenvalue weighted by Crippen LogP contribution is 2.21. The Morgan fingerprint density at radius 2 is 1.91 bits per heavy atom. The first-order chi connectivity index (χ1) is 5.11. The van der Waals surface area contributed by atoms with Gasteiger partial charge in [-0.05, 0) is 30.4 Å². The molecule has 0 aliphatic rings. The molecular formula is C7H6O3S. The average Bonchev–Trinajstić information content (AvgIpc) is 1.94. The van der Waals surface area contributed by atoms with Crippen LogP contribution in [-0.4, -0.2) is 20.4 Å². The molecule has 1 rings (SSSR count). The molecule has 1 aromatic rings. The average molecular weight is 170 g/mol. The van der Waals surface area contributed by atoms with Crippen LogP contribution < -0.4 is 0 Å². The van der Waals surface area contributed by atoms with E-state index in [-0.39, 0.29) is 17.1 Å². The van der Waals surface area contributed by atoms with Gasteiger partial charge in [0.2, 0.25) is 0 Å². The van der Waals surface area contributed by atoms with Crippen molar-refractivity contribution in [3.63, 3.8) is 0 Å². The van der Waals surface area contributed by atoms with Crippen molar-refractivity contribution >= 4 is 17.3 Å². The van der Waals surface area contributed by atoms with Crippen LogP contribution in [0.25, 0.3) is 0 Å². The second-order valence-corrected chi connectivity index (χ2v) is 2.39. The molecule has 0 aliphatic heterocycles. The van der Waals surface area contributed by atoms with Gasteiger partial charge in [-0.1, -0.05) is 0 Å². The molecule has 0 unspecified atom stereocenters. The van der Waals surface area contributed by atoms with Crippen molar-refractivity contribution in [3.8, 4) is 11.5 Å². The first kappa shape index (κ1) is 7.81. The number of aromatic hydroxyl groups is 2. The number of thiocarbonyl (C=S) groups is 1. The van der Waals surface area contributed by atoms with E-state index >= 15 is 0 Å². The lowest BCUT2D eigenvalue weighted by Gasteiger charge is -2.00. The van der Waals surface area contributed by atoms with Crippen molar-refractivity contribution in [3.05, 3.63) is 23.8 Å². The lowest BCUT2D eigenvalue weighted by atomic mass is 10.2. The van der Waals surface area contributed by atoms with Crippen molar-refractivity contribution in [2.45, 2.75) is 0 Å². The standard InChI is InChI=1S/C7H6O3S/c8-4-1-2-6(9)5(3-4)7(10)11/h1-3,8-9H,(H,10,11). The largest absolute Gasteiger partial charge is 0.508 e. The van der Waals surface area contributed by atoms with Gasteiger partial charge < -0.3 is 15.3 Å². The zero-order chi connectivity index (χ0) is 8.43. The minimum atomic E-state index is -0.432. The van der Waals surface area contributed by atoms with Gasteiger partial charge in [0, 0.05) is 0 Å². The molecule has 0 saturated carbocycles. The summed E-state index contributed by atoms with van der Waals surface area (Å²) in [7, 11) is 0. The Balaban J connectivity index is 3.23. The highest BCUT2D eigenvalue weighted by molar-refractivity contribution is 7.80. The molecule has 0 amide bonds. The molecule has 3 N–H and O–H groups in total. The molecule has 0 aromatic heterocycles. The van der Waals surface area contributed by atoms with Gasteiger partial charge in [0.25, 0.3) is 0 Å². The van der Waals surface area contributed by atoms with Crippen molar-refractivity contribution < 1.29 is 15.3 Å². The van der Waals surface area contributed by atoms with Gasteiger partial charge in [-0.25, -0.2) is 0 Å². The van der Waals surface area contributed by atoms with Crippen LogP contribution in [0.1, 0.15) is 5.56 Å². The van der Waals surface area contributed by atoms with Crippen LogP contribution in [0, 0.1) is 0 Å². The molecule has 0 radical (unpaired) electrons. The fourth-order valence-corrected chi connectivity index (χ4v) is 0.859. The summed E-state index contributed by atoms with van der Waals surface area (Å²) in [6, 6.07) is 3.75. The lowest BCUT2D eigenvalue weighted by molar-refractivity contribution is 0.456. The fraction of sp³-hybridized carbons (Fsp3) is 0. The molecule has 4 heteroatoms. The van der Waals surface area contributed by atoms with Crippen LogP contribution in [0.3, 0.4) is 0 Å². The second-order valence-electron chi connectivity index (χ2n) is 2.01. The molecule has 0 heterocycles. The van der Waals surface area contributed by atoms with Crippen LogP contribution in [0.15, 0.2) is 18.2 Å². The fourth-order valence-electron chi connectivity index (χ4n) is 0.695. The summed E-state index contributed by atoms with van der Waals surface area (Å²) in [5.74, 6) is -0.190. The molecule has 0 fully saturated rings. The third-order valence-corrected chi connectivity index (χ3v) is 1.43. The van der Waals surface area contributed by atoms with Crippen molar-refractivity contribution in [2.24, 2.45) is 0 Å². The summed E-state index contributed by atoms with van der Waals surface area (Å²) in [5.41, 5.74) is 0.0694. The SMILES string of the molecule is OC(=S)c1cc(O)ccc1O. The Hall–Kier alpha value is -1.29. The van der Waals surface area contributed by atoms with E-state index in [9.17, 15) is 0 Å². The molecule has 3 nitrogen and oxygen atoms in total. The highest BCUT2D eigenvalue weighted by atomic mass is 32.1. The molecule has 11 heavy (non-hydrogen) atoms. The Labute approximate surface area is 68.5 Å². The predicted molar refractivity (Wildman–Crippen MR) is 44.1 cm³/mol. The van der Waals surface area contributed by atoms with Gasteiger partial charge in [-0.3, -0.25) is 0 Å². The number of hydrogen-bond donors (Lipinski definition) is 3. The van der Waals surface area contributed by atoms with Gasteiger partial charge in [0.15, 0.2) is 5.05 Å². The molecule has 1 aromatic carbocycles. The van der Waals surface area contributed by atoms with Crippen molar-refractivity contribution in [1.82, 2.24) is 0 Å². The molecular weight excluding hydrogens is 164 g/mol. The maximum atomic E-state index is 9.05. The Morgan fingerprint density at radius 3 is 2.36 bits per heavy atom. The Bertz CT molecular complexity index is 296. The molecule has 0 saturated heterocycles. The Kier molecular flexibility index (Phi) is 1.96. The van der Waals surface area contributed by atoms with Crippen molar-refractivity contribution in [2.75, 3.05) is 0 Å². The van der Waals surface area contributed by atoms with Crippen LogP contribution in [0.4, 0.5) is 0 Å². The summed E-state index contributed by atoms with van der Waals surface area (Å²) in [4.78, 5) is 0. The van der Waals surface area contributed by atoms with E-state index in [0.717, 1.165) is 0 Å². The van der Waals surface area contributed by atoms with Crippen LogP contribution in [0.2, 0.25) is 0 Å². The van der Waals surface area contributed by atoms with Gasteiger partial charge in [-0.15, -0.1) is 0 Å². The predicted octanol–water partition coefficient (Wildman–Crippen LogP) is 1.33. The maximum absolute atomic E-state index is 9.05. The molecule has 58 valence electrons. The lowest BCUT2D eigenvalue weighted by Crippen LogP contribution is -1.93. The third kappa shape index (κ3) is 1.59. The highest BCUT2D eigenvalue weighted by Gasteiger charge is 2.05. The van der Waals surface area contributed by atoms with E-state index in [1.165, 1.54) is 18.2 Å². The molecule has 0 spiro atoms. The second kappa shape index (κ2) is 2.75. The van der Waals surface area contributed by atoms with E-state index in [0.29, 0.717) is 0 Å². The molecule has 0 aliphatic carbocycles. The number of hydrogen-bond acceptors (Lipinski definition) is 3. The van der Waals surface area contributed by atoms with Crippen LogP contribution in [-0.2, 0) is 0 Å². The zero-order valence-corrected chi connectivity index (χ0v) is 6.30. The van der Waals surface area contributed by atoms with Crippen LogP contribution >= 0.6 is 12.2 Å². The van der Waals surface area contributed by atoms with Gasteiger partial charge in [-0.2, -0.15) is 0 Å². The van der Waals surface area contributed by atoms with E-state index in [1.807, 2.05) is 0 Å². The topological polar surface area (TPSA) is 60.7 Å². The summed E-state index contributed by atoms with van der Waals surface area (Å²) in [6.45, 7) is 0. The first-order valence-corrected chi connectivity index (χ1v) is 3.27. The van der Waals surface area contributed by atoms with Gasteiger partial charge >= 0.3 is 0 Å². The third-order valence-electron chi connectivity index (χ3n) is 1.21. The quantitative estimate of drug-likeness (QED) is 0.439. The molecule has 0 bridgehead atoms. The smallest absolute Gasteiger partial charge is 0.192 e. The minimum absolute atomic E-state index is 0.0470. The maximum Gasteiger partial charge on any atom is 0.192 e. The molecule has 0 atom stereocenters. The van der Waals surface area contributed by atoms with E-state index in [2.05, 4.69) is 12.2 Å². The normalized spacial score (nSPS) is 9.45. The minimum Gasteiger partial charge on any atom is -0.508 e. The zero-order valence-electron chi connectivity index (χ0n) is 5.48. The summed E-state index contributed by atoms with van der Waals surface area (Å²) < 4.78 is 0. The van der Waals surface area contributed by atoms with E-state index < -0.39 is 5.05 Å². The summed E-state index contributed by atoms with van der Waals surface area (Å²) >= 11 is 4.39. The number of benzene rings is 1. The number of phenols is 2. The number of rotatable bonds is 1. The van der Waals surface area contributed by atoms with Crippen molar-refractivity contribution in [1.29, 1.82) is 0 Å². The van der Waals surface area contributed by atoms with E-state index in [1.54, 1.807) is 0 Å².